The summed E-state index contributed by atoms with van der Waals surface area (Å²) >= 11 is 0. The SMILES string of the molecule is CCCCCC1(N)CCC(CCC)CC1. The molecule has 0 atom stereocenters. The minimum atomic E-state index is 0.208. The molecule has 1 saturated carbocycles. The maximum absolute atomic E-state index is 6.46. The highest BCUT2D eigenvalue weighted by Gasteiger charge is 2.30. The highest BCUT2D eigenvalue weighted by Crippen LogP contribution is 2.35. The van der Waals surface area contributed by atoms with Crippen LogP contribution in [0.2, 0.25) is 0 Å². The van der Waals surface area contributed by atoms with Crippen LogP contribution in [0.1, 0.15) is 78.1 Å². The maximum atomic E-state index is 6.46. The van der Waals surface area contributed by atoms with Gasteiger partial charge in [0.1, 0.15) is 0 Å². The van der Waals surface area contributed by atoms with E-state index in [1.165, 1.54) is 64.2 Å². The molecule has 1 rings (SSSR count). The van der Waals surface area contributed by atoms with E-state index in [0.717, 1.165) is 5.92 Å². The van der Waals surface area contributed by atoms with E-state index in [9.17, 15) is 0 Å². The molecular formula is C14H29N. The normalized spacial score (nSPS) is 31.8. The van der Waals surface area contributed by atoms with Gasteiger partial charge in [-0.3, -0.25) is 0 Å². The van der Waals surface area contributed by atoms with Crippen LogP contribution in [0.3, 0.4) is 0 Å². The van der Waals surface area contributed by atoms with Gasteiger partial charge in [-0.25, -0.2) is 0 Å². The molecule has 2 N–H and O–H groups in total. The van der Waals surface area contributed by atoms with Gasteiger partial charge in [-0.05, 0) is 38.0 Å². The average Bonchev–Trinajstić information content (AvgIpc) is 2.23. The first-order valence-electron chi connectivity index (χ1n) is 6.99. The maximum Gasteiger partial charge on any atom is 0.0154 e. The largest absolute Gasteiger partial charge is 0.325 e. The molecule has 0 aromatic heterocycles. The Kier molecular flexibility index (Phi) is 5.66. The summed E-state index contributed by atoms with van der Waals surface area (Å²) in [6.07, 6.45) is 13.4. The van der Waals surface area contributed by atoms with Crippen molar-refractivity contribution in [2.45, 2.75) is 83.6 Å². The molecule has 0 heterocycles. The van der Waals surface area contributed by atoms with Crippen LogP contribution in [0.4, 0.5) is 0 Å². The molecule has 0 radical (unpaired) electrons. The van der Waals surface area contributed by atoms with Crippen LogP contribution in [0, 0.1) is 5.92 Å². The number of unbranched alkanes of at least 4 members (excludes halogenated alkanes) is 2. The quantitative estimate of drug-likeness (QED) is 0.653. The molecule has 0 aliphatic heterocycles. The highest BCUT2D eigenvalue weighted by atomic mass is 14.7. The summed E-state index contributed by atoms with van der Waals surface area (Å²) in [5.41, 5.74) is 6.67. The van der Waals surface area contributed by atoms with Gasteiger partial charge in [-0.2, -0.15) is 0 Å². The van der Waals surface area contributed by atoms with E-state index in [2.05, 4.69) is 13.8 Å². The predicted octanol–water partition coefficient (Wildman–Crippen LogP) is 4.25. The number of hydrogen-bond acceptors (Lipinski definition) is 1. The third kappa shape index (κ3) is 4.55. The number of nitrogens with two attached hydrogens (primary N) is 1. The van der Waals surface area contributed by atoms with Crippen molar-refractivity contribution in [3.05, 3.63) is 0 Å². The van der Waals surface area contributed by atoms with Crippen molar-refractivity contribution in [3.8, 4) is 0 Å². The lowest BCUT2D eigenvalue weighted by molar-refractivity contribution is 0.209. The third-order valence-electron chi connectivity index (χ3n) is 4.08. The van der Waals surface area contributed by atoms with Crippen LogP contribution in [0.25, 0.3) is 0 Å². The Morgan fingerprint density at radius 3 is 2.27 bits per heavy atom. The third-order valence-corrected chi connectivity index (χ3v) is 4.08. The summed E-state index contributed by atoms with van der Waals surface area (Å²) in [5, 5.41) is 0. The molecule has 1 aliphatic carbocycles. The first kappa shape index (κ1) is 13.0. The number of hydrogen-bond donors (Lipinski definition) is 1. The van der Waals surface area contributed by atoms with Gasteiger partial charge in [0.2, 0.25) is 0 Å². The second-order valence-electron chi connectivity index (χ2n) is 5.55. The lowest BCUT2D eigenvalue weighted by atomic mass is 9.73. The van der Waals surface area contributed by atoms with E-state index in [4.69, 9.17) is 5.73 Å². The topological polar surface area (TPSA) is 26.0 Å². The van der Waals surface area contributed by atoms with Crippen LogP contribution in [0.15, 0.2) is 0 Å². The van der Waals surface area contributed by atoms with Crippen molar-refractivity contribution in [2.24, 2.45) is 11.7 Å². The molecular weight excluding hydrogens is 182 g/mol. The van der Waals surface area contributed by atoms with Crippen LogP contribution in [-0.4, -0.2) is 5.54 Å². The fourth-order valence-corrected chi connectivity index (χ4v) is 2.93. The van der Waals surface area contributed by atoms with Crippen LogP contribution in [0.5, 0.6) is 0 Å². The monoisotopic (exact) mass is 211 g/mol. The van der Waals surface area contributed by atoms with E-state index in [0.29, 0.717) is 0 Å². The molecule has 15 heavy (non-hydrogen) atoms. The Hall–Kier alpha value is -0.0400. The Morgan fingerprint density at radius 1 is 1.07 bits per heavy atom. The zero-order chi connectivity index (χ0) is 11.1. The summed E-state index contributed by atoms with van der Waals surface area (Å²) in [7, 11) is 0. The molecule has 0 bridgehead atoms. The molecule has 0 aromatic rings. The average molecular weight is 211 g/mol. The first-order chi connectivity index (χ1) is 7.20. The van der Waals surface area contributed by atoms with Crippen LogP contribution < -0.4 is 5.73 Å². The van der Waals surface area contributed by atoms with E-state index >= 15 is 0 Å². The standard InChI is InChI=1S/C14H29N/c1-3-5-6-10-14(15)11-8-13(7-4-2)9-12-14/h13H,3-12,15H2,1-2H3. The van der Waals surface area contributed by atoms with Gasteiger partial charge >= 0.3 is 0 Å². The van der Waals surface area contributed by atoms with Crippen LogP contribution in [-0.2, 0) is 0 Å². The lowest BCUT2D eigenvalue weighted by Crippen LogP contribution is -2.43. The molecule has 0 amide bonds. The van der Waals surface area contributed by atoms with Gasteiger partial charge in [-0.1, -0.05) is 46.0 Å². The van der Waals surface area contributed by atoms with Crippen molar-refractivity contribution in [1.82, 2.24) is 0 Å². The van der Waals surface area contributed by atoms with Crippen molar-refractivity contribution in [3.63, 3.8) is 0 Å². The summed E-state index contributed by atoms with van der Waals surface area (Å²) in [5.74, 6) is 0.984. The molecule has 1 fully saturated rings. The Bertz CT molecular complexity index is 157. The predicted molar refractivity (Wildman–Crippen MR) is 67.9 cm³/mol. The van der Waals surface area contributed by atoms with Crippen molar-refractivity contribution in [1.29, 1.82) is 0 Å². The van der Waals surface area contributed by atoms with Gasteiger partial charge in [0.05, 0.1) is 0 Å². The second kappa shape index (κ2) is 6.52. The van der Waals surface area contributed by atoms with Gasteiger partial charge < -0.3 is 5.73 Å². The van der Waals surface area contributed by atoms with Crippen LogP contribution >= 0.6 is 0 Å². The van der Waals surface area contributed by atoms with Gasteiger partial charge in [-0.15, -0.1) is 0 Å². The Balaban J connectivity index is 2.21. The molecule has 1 heteroatoms. The smallest absolute Gasteiger partial charge is 0.0154 e. The van der Waals surface area contributed by atoms with Gasteiger partial charge in [0.15, 0.2) is 0 Å². The zero-order valence-electron chi connectivity index (χ0n) is 10.7. The van der Waals surface area contributed by atoms with E-state index in [1.54, 1.807) is 0 Å². The van der Waals surface area contributed by atoms with E-state index in [1.807, 2.05) is 0 Å². The molecule has 0 spiro atoms. The Labute approximate surface area is 95.8 Å². The molecule has 90 valence electrons. The van der Waals surface area contributed by atoms with Gasteiger partial charge in [0, 0.05) is 5.54 Å². The summed E-state index contributed by atoms with van der Waals surface area (Å²) < 4.78 is 0. The Morgan fingerprint density at radius 2 is 1.73 bits per heavy atom. The van der Waals surface area contributed by atoms with Crippen molar-refractivity contribution in [2.75, 3.05) is 0 Å². The van der Waals surface area contributed by atoms with Gasteiger partial charge in [0.25, 0.3) is 0 Å². The highest BCUT2D eigenvalue weighted by molar-refractivity contribution is 4.89. The fraction of sp³-hybridized carbons (Fsp3) is 1.00. The summed E-state index contributed by atoms with van der Waals surface area (Å²) in [6.45, 7) is 4.56. The van der Waals surface area contributed by atoms with Crippen molar-refractivity contribution < 1.29 is 0 Å². The molecule has 0 aromatic carbocycles. The fourth-order valence-electron chi connectivity index (χ4n) is 2.93. The minimum Gasteiger partial charge on any atom is -0.325 e. The molecule has 1 aliphatic rings. The summed E-state index contributed by atoms with van der Waals surface area (Å²) in [6, 6.07) is 0. The lowest BCUT2D eigenvalue weighted by Gasteiger charge is -2.37. The second-order valence-corrected chi connectivity index (χ2v) is 5.55. The first-order valence-corrected chi connectivity index (χ1v) is 6.99. The molecule has 1 nitrogen and oxygen atoms in total. The summed E-state index contributed by atoms with van der Waals surface area (Å²) in [4.78, 5) is 0. The molecule has 0 unspecified atom stereocenters. The van der Waals surface area contributed by atoms with Crippen molar-refractivity contribution >= 4 is 0 Å². The minimum absolute atomic E-state index is 0.208. The number of rotatable bonds is 6. The zero-order valence-corrected chi connectivity index (χ0v) is 10.7. The van der Waals surface area contributed by atoms with E-state index in [-0.39, 0.29) is 5.54 Å². The molecule has 0 saturated heterocycles. The van der Waals surface area contributed by atoms with E-state index < -0.39 is 0 Å².